The fourth-order valence-corrected chi connectivity index (χ4v) is 5.51. The van der Waals surface area contributed by atoms with Crippen LogP contribution in [-0.2, 0) is 22.6 Å². The van der Waals surface area contributed by atoms with Gasteiger partial charge in [0, 0.05) is 30.3 Å². The molecule has 1 saturated carbocycles. The standard InChI is InChI=1S/C16H20N6O2S3/c1-2-25-16-21-20-15(27-16)18-12(23)8-22-6-5-10-11(7-22)26-14(17-10)19-13(24)9-3-4-9/h9H,2-8H2,1H3,(H,17,19,24)(H,18,20,23). The lowest BCUT2D eigenvalue weighted by Gasteiger charge is -2.24. The van der Waals surface area contributed by atoms with Gasteiger partial charge in [-0.3, -0.25) is 19.8 Å². The summed E-state index contributed by atoms with van der Waals surface area (Å²) >= 11 is 4.52. The van der Waals surface area contributed by atoms with E-state index >= 15 is 0 Å². The number of hydrogen-bond donors (Lipinski definition) is 2. The van der Waals surface area contributed by atoms with Crippen molar-refractivity contribution in [1.29, 1.82) is 0 Å². The highest BCUT2D eigenvalue weighted by Crippen LogP contribution is 2.33. The number of hydrogen-bond acceptors (Lipinski definition) is 9. The molecule has 2 aliphatic rings. The molecular weight excluding hydrogens is 404 g/mol. The maximum absolute atomic E-state index is 12.3. The van der Waals surface area contributed by atoms with Gasteiger partial charge >= 0.3 is 0 Å². The number of anilines is 2. The van der Waals surface area contributed by atoms with Gasteiger partial charge < -0.3 is 5.32 Å². The molecule has 1 aliphatic carbocycles. The molecule has 144 valence electrons. The fraction of sp³-hybridized carbons (Fsp3) is 0.562. The van der Waals surface area contributed by atoms with Crippen LogP contribution >= 0.6 is 34.4 Å². The second-order valence-electron chi connectivity index (χ2n) is 6.47. The van der Waals surface area contributed by atoms with Crippen LogP contribution in [0, 0.1) is 5.92 Å². The molecule has 2 aromatic heterocycles. The molecule has 27 heavy (non-hydrogen) atoms. The average molecular weight is 425 g/mol. The van der Waals surface area contributed by atoms with Crippen LogP contribution in [-0.4, -0.2) is 50.7 Å². The third kappa shape index (κ3) is 4.84. The van der Waals surface area contributed by atoms with E-state index in [9.17, 15) is 9.59 Å². The minimum Gasteiger partial charge on any atom is -0.302 e. The molecule has 0 saturated heterocycles. The molecule has 11 heteroatoms. The zero-order valence-corrected chi connectivity index (χ0v) is 17.3. The quantitative estimate of drug-likeness (QED) is 0.520. The molecule has 4 rings (SSSR count). The van der Waals surface area contributed by atoms with Crippen molar-refractivity contribution < 1.29 is 9.59 Å². The zero-order chi connectivity index (χ0) is 18.8. The van der Waals surface area contributed by atoms with Crippen molar-refractivity contribution in [2.45, 2.75) is 37.1 Å². The molecule has 3 heterocycles. The summed E-state index contributed by atoms with van der Waals surface area (Å²) in [6, 6.07) is 0. The van der Waals surface area contributed by atoms with Crippen LogP contribution in [0.25, 0.3) is 0 Å². The summed E-state index contributed by atoms with van der Waals surface area (Å²) in [7, 11) is 0. The number of aromatic nitrogens is 3. The molecule has 0 radical (unpaired) electrons. The summed E-state index contributed by atoms with van der Waals surface area (Å²) < 4.78 is 0.862. The summed E-state index contributed by atoms with van der Waals surface area (Å²) in [5.41, 5.74) is 1.04. The van der Waals surface area contributed by atoms with Crippen molar-refractivity contribution in [3.05, 3.63) is 10.6 Å². The summed E-state index contributed by atoms with van der Waals surface area (Å²) in [5.74, 6) is 1.09. The van der Waals surface area contributed by atoms with Crippen molar-refractivity contribution in [1.82, 2.24) is 20.1 Å². The number of nitrogens with one attached hydrogen (secondary N) is 2. The average Bonchev–Trinajstić information content (AvgIpc) is 3.28. The second-order valence-corrected chi connectivity index (χ2v) is 10.0. The Balaban J connectivity index is 1.30. The Bertz CT molecular complexity index is 847. The summed E-state index contributed by atoms with van der Waals surface area (Å²) in [5, 5.41) is 15.0. The zero-order valence-electron chi connectivity index (χ0n) is 14.9. The van der Waals surface area contributed by atoms with Crippen molar-refractivity contribution in [2.24, 2.45) is 5.92 Å². The third-order valence-electron chi connectivity index (χ3n) is 4.28. The fourth-order valence-electron chi connectivity index (χ4n) is 2.79. The first kappa shape index (κ1) is 18.8. The minimum atomic E-state index is -0.0885. The molecule has 0 bridgehead atoms. The smallest absolute Gasteiger partial charge is 0.240 e. The monoisotopic (exact) mass is 424 g/mol. The molecule has 2 aromatic rings. The van der Waals surface area contributed by atoms with Crippen LogP contribution < -0.4 is 10.6 Å². The highest BCUT2D eigenvalue weighted by molar-refractivity contribution is 8.01. The van der Waals surface area contributed by atoms with Gasteiger partial charge in [0.15, 0.2) is 9.47 Å². The van der Waals surface area contributed by atoms with Crippen LogP contribution in [0.4, 0.5) is 10.3 Å². The van der Waals surface area contributed by atoms with Crippen LogP contribution in [0.15, 0.2) is 4.34 Å². The summed E-state index contributed by atoms with van der Waals surface area (Å²) in [4.78, 5) is 32.0. The molecule has 0 aromatic carbocycles. The molecule has 0 spiro atoms. The SMILES string of the molecule is CCSc1nnc(NC(=O)CN2CCc3nc(NC(=O)C4CC4)sc3C2)s1. The van der Waals surface area contributed by atoms with E-state index in [4.69, 9.17) is 0 Å². The number of carbonyl (C=O) groups excluding carboxylic acids is 2. The first-order valence-electron chi connectivity index (χ1n) is 8.88. The number of amides is 2. The van der Waals surface area contributed by atoms with Gasteiger partial charge in [-0.1, -0.05) is 30.0 Å². The molecule has 2 amide bonds. The molecule has 1 fully saturated rings. The van der Waals surface area contributed by atoms with E-state index < -0.39 is 0 Å². The highest BCUT2D eigenvalue weighted by atomic mass is 32.2. The number of thiazole rings is 1. The number of fused-ring (bicyclic) bond motifs is 1. The van der Waals surface area contributed by atoms with Gasteiger partial charge in [-0.2, -0.15) is 0 Å². The van der Waals surface area contributed by atoms with Gasteiger partial charge in [-0.05, 0) is 18.6 Å². The van der Waals surface area contributed by atoms with Crippen LogP contribution in [0.2, 0.25) is 0 Å². The predicted molar refractivity (Wildman–Crippen MR) is 107 cm³/mol. The molecule has 2 N–H and O–H groups in total. The van der Waals surface area contributed by atoms with Crippen LogP contribution in [0.1, 0.15) is 30.3 Å². The van der Waals surface area contributed by atoms with E-state index in [1.165, 1.54) is 22.7 Å². The van der Waals surface area contributed by atoms with Gasteiger partial charge in [-0.25, -0.2) is 4.98 Å². The van der Waals surface area contributed by atoms with Crippen LogP contribution in [0.5, 0.6) is 0 Å². The van der Waals surface area contributed by atoms with Gasteiger partial charge in [0.1, 0.15) is 0 Å². The van der Waals surface area contributed by atoms with Crippen molar-refractivity contribution in [3.63, 3.8) is 0 Å². The molecule has 8 nitrogen and oxygen atoms in total. The number of rotatable bonds is 7. The summed E-state index contributed by atoms with van der Waals surface area (Å²) in [6.45, 7) is 3.80. The summed E-state index contributed by atoms with van der Waals surface area (Å²) in [6.07, 6.45) is 2.74. The van der Waals surface area contributed by atoms with E-state index in [-0.39, 0.29) is 17.7 Å². The van der Waals surface area contributed by atoms with Gasteiger partial charge in [0.05, 0.1) is 12.2 Å². The Kier molecular flexibility index (Phi) is 5.71. The second kappa shape index (κ2) is 8.21. The molecule has 1 aliphatic heterocycles. The van der Waals surface area contributed by atoms with E-state index in [1.54, 1.807) is 11.8 Å². The normalized spacial score (nSPS) is 16.8. The largest absolute Gasteiger partial charge is 0.302 e. The van der Waals surface area contributed by atoms with E-state index in [0.29, 0.717) is 23.4 Å². The molecular formula is C16H20N6O2S3. The lowest BCUT2D eigenvalue weighted by molar-refractivity contribution is -0.118. The molecule has 0 atom stereocenters. The van der Waals surface area contributed by atoms with E-state index in [0.717, 1.165) is 46.5 Å². The minimum absolute atomic E-state index is 0.0787. The van der Waals surface area contributed by atoms with Gasteiger partial charge in [-0.15, -0.1) is 21.5 Å². The topological polar surface area (TPSA) is 100 Å². The third-order valence-corrected chi connectivity index (χ3v) is 7.13. The van der Waals surface area contributed by atoms with Crippen molar-refractivity contribution >= 4 is 56.5 Å². The van der Waals surface area contributed by atoms with E-state index in [1.807, 2.05) is 0 Å². The van der Waals surface area contributed by atoms with Crippen molar-refractivity contribution in [2.75, 3.05) is 29.5 Å². The predicted octanol–water partition coefficient (Wildman–Crippen LogP) is 2.45. The number of nitrogens with zero attached hydrogens (tertiary/aromatic N) is 4. The lowest BCUT2D eigenvalue weighted by atomic mass is 10.2. The first-order chi connectivity index (χ1) is 13.1. The van der Waals surface area contributed by atoms with Crippen molar-refractivity contribution in [3.8, 4) is 0 Å². The Morgan fingerprint density at radius 2 is 2.07 bits per heavy atom. The van der Waals surface area contributed by atoms with Gasteiger partial charge in [0.25, 0.3) is 0 Å². The Labute approximate surface area is 169 Å². The number of thioether (sulfide) groups is 1. The Hall–Kier alpha value is -1.56. The Morgan fingerprint density at radius 1 is 1.22 bits per heavy atom. The number of carbonyl (C=O) groups is 2. The first-order valence-corrected chi connectivity index (χ1v) is 11.5. The maximum atomic E-state index is 12.3. The maximum Gasteiger partial charge on any atom is 0.240 e. The Morgan fingerprint density at radius 3 is 2.85 bits per heavy atom. The van der Waals surface area contributed by atoms with E-state index in [2.05, 4.69) is 37.6 Å². The van der Waals surface area contributed by atoms with Crippen LogP contribution in [0.3, 0.4) is 0 Å². The van der Waals surface area contributed by atoms with Gasteiger partial charge in [0.2, 0.25) is 16.9 Å². The lowest BCUT2D eigenvalue weighted by Crippen LogP contribution is -2.36. The highest BCUT2D eigenvalue weighted by Gasteiger charge is 2.31. The molecule has 0 unspecified atom stereocenters.